The fourth-order valence-corrected chi connectivity index (χ4v) is 2.44. The first-order valence-electron chi connectivity index (χ1n) is 9.22. The molecule has 0 spiro atoms. The Balaban J connectivity index is 2.18. The molecule has 25 heavy (non-hydrogen) atoms. The fraction of sp³-hybridized carbons (Fsp3) is 0.600. The van der Waals surface area contributed by atoms with Gasteiger partial charge in [0.1, 0.15) is 5.75 Å². The second kappa shape index (κ2) is 12.3. The van der Waals surface area contributed by atoms with Crippen molar-refractivity contribution in [3.63, 3.8) is 0 Å². The third-order valence-corrected chi connectivity index (χ3v) is 3.91. The number of unbranched alkanes of at least 4 members (excludes halogenated alkanes) is 3. The molecule has 0 radical (unpaired) electrons. The molecular formula is C20H31NO4. The lowest BCUT2D eigenvalue weighted by Crippen LogP contribution is -2.24. The predicted octanol–water partition coefficient (Wildman–Crippen LogP) is 4.27. The molecule has 0 bridgehead atoms. The van der Waals surface area contributed by atoms with Gasteiger partial charge in [0.25, 0.3) is 5.91 Å². The van der Waals surface area contributed by atoms with Crippen LogP contribution in [0.25, 0.3) is 0 Å². The van der Waals surface area contributed by atoms with Crippen LogP contribution < -0.4 is 10.1 Å². The summed E-state index contributed by atoms with van der Waals surface area (Å²) in [6.07, 6.45) is 6.55. The van der Waals surface area contributed by atoms with E-state index in [1.807, 2.05) is 0 Å². The Morgan fingerprint density at radius 3 is 2.36 bits per heavy atom. The van der Waals surface area contributed by atoms with Crippen molar-refractivity contribution in [3.8, 4) is 5.75 Å². The fourth-order valence-electron chi connectivity index (χ4n) is 2.44. The van der Waals surface area contributed by atoms with E-state index in [0.29, 0.717) is 25.1 Å². The molecule has 1 aromatic carbocycles. The van der Waals surface area contributed by atoms with Crippen LogP contribution in [0.1, 0.15) is 69.2 Å². The predicted molar refractivity (Wildman–Crippen MR) is 99.1 cm³/mol. The zero-order chi connectivity index (χ0) is 18.5. The molecule has 0 unspecified atom stereocenters. The molecule has 0 aromatic heterocycles. The summed E-state index contributed by atoms with van der Waals surface area (Å²) >= 11 is 0. The maximum Gasteiger partial charge on any atom is 0.303 e. The zero-order valence-electron chi connectivity index (χ0n) is 15.4. The molecule has 0 aliphatic carbocycles. The lowest BCUT2D eigenvalue weighted by atomic mass is 10.0. The Bertz CT molecular complexity index is 511. The van der Waals surface area contributed by atoms with Crippen molar-refractivity contribution in [1.82, 2.24) is 5.32 Å². The highest BCUT2D eigenvalue weighted by Crippen LogP contribution is 2.14. The Kier molecular flexibility index (Phi) is 10.4. The highest BCUT2D eigenvalue weighted by Gasteiger charge is 2.05. The van der Waals surface area contributed by atoms with E-state index < -0.39 is 5.97 Å². The number of nitrogens with one attached hydrogen (secondary N) is 1. The van der Waals surface area contributed by atoms with Gasteiger partial charge in [-0.2, -0.15) is 0 Å². The number of aliphatic carboxylic acids is 1. The summed E-state index contributed by atoms with van der Waals surface area (Å²) in [6, 6.07) is 7.05. The average molecular weight is 349 g/mol. The van der Waals surface area contributed by atoms with Gasteiger partial charge in [-0.05, 0) is 43.0 Å². The van der Waals surface area contributed by atoms with Gasteiger partial charge >= 0.3 is 5.97 Å². The molecule has 0 saturated heterocycles. The van der Waals surface area contributed by atoms with E-state index in [2.05, 4.69) is 19.2 Å². The second-order valence-electron chi connectivity index (χ2n) is 6.72. The summed E-state index contributed by atoms with van der Waals surface area (Å²) in [5.74, 6) is 0.506. The zero-order valence-corrected chi connectivity index (χ0v) is 15.4. The van der Waals surface area contributed by atoms with Gasteiger partial charge < -0.3 is 15.2 Å². The molecule has 0 heterocycles. The molecule has 1 amide bonds. The SMILES string of the molecule is CC(C)CCCCCCOc1ccc(C(=O)NCCCC(=O)O)cc1. The molecular weight excluding hydrogens is 318 g/mol. The molecule has 5 nitrogen and oxygen atoms in total. The topological polar surface area (TPSA) is 75.6 Å². The van der Waals surface area contributed by atoms with Crippen LogP contribution in [0.2, 0.25) is 0 Å². The van der Waals surface area contributed by atoms with Gasteiger partial charge in [-0.3, -0.25) is 9.59 Å². The number of carbonyl (C=O) groups excluding carboxylic acids is 1. The molecule has 1 rings (SSSR count). The maximum absolute atomic E-state index is 11.9. The largest absolute Gasteiger partial charge is 0.494 e. The van der Waals surface area contributed by atoms with E-state index in [1.54, 1.807) is 24.3 Å². The van der Waals surface area contributed by atoms with Gasteiger partial charge in [-0.1, -0.05) is 39.5 Å². The normalized spacial score (nSPS) is 10.7. The van der Waals surface area contributed by atoms with Crippen molar-refractivity contribution in [2.45, 2.75) is 58.8 Å². The van der Waals surface area contributed by atoms with Crippen molar-refractivity contribution in [1.29, 1.82) is 0 Å². The van der Waals surface area contributed by atoms with E-state index in [1.165, 1.54) is 25.7 Å². The Morgan fingerprint density at radius 1 is 1.04 bits per heavy atom. The number of carbonyl (C=O) groups is 2. The number of carboxylic acid groups (broad SMARTS) is 1. The summed E-state index contributed by atoms with van der Waals surface area (Å²) < 4.78 is 5.70. The number of benzene rings is 1. The van der Waals surface area contributed by atoms with Crippen LogP contribution in [0.4, 0.5) is 0 Å². The molecule has 0 atom stereocenters. The van der Waals surface area contributed by atoms with Crippen molar-refractivity contribution in [2.24, 2.45) is 5.92 Å². The number of hydrogen-bond donors (Lipinski definition) is 2. The summed E-state index contributed by atoms with van der Waals surface area (Å²) in [5.41, 5.74) is 0.552. The third kappa shape index (κ3) is 10.4. The van der Waals surface area contributed by atoms with Crippen LogP contribution in [-0.4, -0.2) is 30.1 Å². The minimum atomic E-state index is -0.851. The van der Waals surface area contributed by atoms with Crippen LogP contribution in [0.3, 0.4) is 0 Å². The Labute approximate surface area is 150 Å². The first-order valence-corrected chi connectivity index (χ1v) is 9.22. The number of hydrogen-bond acceptors (Lipinski definition) is 3. The van der Waals surface area contributed by atoms with Crippen LogP contribution in [0.5, 0.6) is 5.75 Å². The third-order valence-electron chi connectivity index (χ3n) is 3.91. The van der Waals surface area contributed by atoms with Crippen LogP contribution in [0.15, 0.2) is 24.3 Å². The van der Waals surface area contributed by atoms with Crippen LogP contribution in [-0.2, 0) is 4.79 Å². The Hall–Kier alpha value is -2.04. The van der Waals surface area contributed by atoms with E-state index in [9.17, 15) is 9.59 Å². The summed E-state index contributed by atoms with van der Waals surface area (Å²) in [5, 5.41) is 11.3. The molecule has 2 N–H and O–H groups in total. The monoisotopic (exact) mass is 349 g/mol. The van der Waals surface area contributed by atoms with Crippen molar-refractivity contribution in [3.05, 3.63) is 29.8 Å². The van der Waals surface area contributed by atoms with Gasteiger partial charge in [-0.15, -0.1) is 0 Å². The van der Waals surface area contributed by atoms with E-state index in [4.69, 9.17) is 9.84 Å². The van der Waals surface area contributed by atoms with Crippen molar-refractivity contribution in [2.75, 3.05) is 13.2 Å². The lowest BCUT2D eigenvalue weighted by Gasteiger charge is -2.08. The van der Waals surface area contributed by atoms with Gasteiger partial charge in [0.2, 0.25) is 0 Å². The first kappa shape index (κ1) is 21.0. The van der Waals surface area contributed by atoms with Gasteiger partial charge in [0.05, 0.1) is 6.61 Å². The number of rotatable bonds is 13. The molecule has 1 aromatic rings. The van der Waals surface area contributed by atoms with Crippen molar-refractivity contribution >= 4 is 11.9 Å². The van der Waals surface area contributed by atoms with Crippen LogP contribution >= 0.6 is 0 Å². The number of ether oxygens (including phenoxy) is 1. The summed E-state index contributed by atoms with van der Waals surface area (Å²) in [7, 11) is 0. The Morgan fingerprint density at radius 2 is 1.72 bits per heavy atom. The molecule has 0 fully saturated rings. The minimum absolute atomic E-state index is 0.0600. The van der Waals surface area contributed by atoms with Crippen molar-refractivity contribution < 1.29 is 19.4 Å². The summed E-state index contributed by atoms with van der Waals surface area (Å²) in [6.45, 7) is 5.56. The molecule has 0 aliphatic heterocycles. The van der Waals surface area contributed by atoms with E-state index >= 15 is 0 Å². The first-order chi connectivity index (χ1) is 12.0. The van der Waals surface area contributed by atoms with Crippen LogP contribution in [0, 0.1) is 5.92 Å². The smallest absolute Gasteiger partial charge is 0.303 e. The molecule has 5 heteroatoms. The standard InChI is InChI=1S/C20H31NO4/c1-16(2)8-5-3-4-6-15-25-18-12-10-17(11-13-18)20(24)21-14-7-9-19(22)23/h10-13,16H,3-9,14-15H2,1-2H3,(H,21,24)(H,22,23). The van der Waals surface area contributed by atoms with Gasteiger partial charge in [0, 0.05) is 18.5 Å². The molecule has 0 saturated carbocycles. The van der Waals surface area contributed by atoms with E-state index in [-0.39, 0.29) is 12.3 Å². The summed E-state index contributed by atoms with van der Waals surface area (Å²) in [4.78, 5) is 22.3. The second-order valence-corrected chi connectivity index (χ2v) is 6.72. The van der Waals surface area contributed by atoms with Gasteiger partial charge in [0.15, 0.2) is 0 Å². The highest BCUT2D eigenvalue weighted by molar-refractivity contribution is 5.94. The molecule has 140 valence electrons. The molecule has 0 aliphatic rings. The average Bonchev–Trinajstić information content (AvgIpc) is 2.57. The number of carboxylic acids is 1. The maximum atomic E-state index is 11.9. The quantitative estimate of drug-likeness (QED) is 0.522. The number of amides is 1. The minimum Gasteiger partial charge on any atom is -0.494 e. The highest BCUT2D eigenvalue weighted by atomic mass is 16.5. The van der Waals surface area contributed by atoms with E-state index in [0.717, 1.165) is 18.1 Å². The van der Waals surface area contributed by atoms with Gasteiger partial charge in [-0.25, -0.2) is 0 Å². The lowest BCUT2D eigenvalue weighted by molar-refractivity contribution is -0.137.